The zero-order chi connectivity index (χ0) is 8.32. The van der Waals surface area contributed by atoms with E-state index in [-0.39, 0.29) is 13.2 Å². The maximum absolute atomic E-state index is 10.6. The van der Waals surface area contributed by atoms with E-state index in [1.165, 1.54) is 0 Å². The number of carbonyl (C=O) groups is 1. The Bertz CT molecular complexity index is 151. The van der Waals surface area contributed by atoms with Gasteiger partial charge in [-0.15, -0.1) is 0 Å². The number of rotatable bonds is 4. The van der Waals surface area contributed by atoms with Crippen molar-refractivity contribution in [2.24, 2.45) is 0 Å². The van der Waals surface area contributed by atoms with Crippen LogP contribution in [0.1, 0.15) is 13.3 Å². The van der Waals surface area contributed by atoms with Crippen molar-refractivity contribution in [3.63, 3.8) is 0 Å². The average Bonchev–Trinajstić information content (AvgIpc) is 1.85. The van der Waals surface area contributed by atoms with Crippen molar-refractivity contribution in [2.45, 2.75) is 18.9 Å². The fourth-order valence-electron chi connectivity index (χ4n) is 0.853. The number of hydrogen-bond donors (Lipinski definition) is 1. The SMILES string of the molecule is CCCOC1(C(=O)O)COC1. The maximum Gasteiger partial charge on any atom is 0.340 e. The smallest absolute Gasteiger partial charge is 0.340 e. The molecule has 1 N–H and O–H groups in total. The second-order valence-corrected chi connectivity index (χ2v) is 2.64. The maximum atomic E-state index is 10.6. The third kappa shape index (κ3) is 1.52. The molecule has 0 saturated carbocycles. The van der Waals surface area contributed by atoms with E-state index in [1.54, 1.807) is 0 Å². The minimum absolute atomic E-state index is 0.183. The van der Waals surface area contributed by atoms with Crippen LogP contribution in [-0.2, 0) is 14.3 Å². The van der Waals surface area contributed by atoms with Gasteiger partial charge in [-0.05, 0) is 6.42 Å². The molecule has 0 aliphatic carbocycles. The van der Waals surface area contributed by atoms with Crippen molar-refractivity contribution in [3.05, 3.63) is 0 Å². The highest BCUT2D eigenvalue weighted by molar-refractivity contribution is 5.78. The van der Waals surface area contributed by atoms with Crippen molar-refractivity contribution >= 4 is 5.97 Å². The van der Waals surface area contributed by atoms with Crippen molar-refractivity contribution in [2.75, 3.05) is 19.8 Å². The van der Waals surface area contributed by atoms with Crippen LogP contribution in [0, 0.1) is 0 Å². The number of hydrogen-bond acceptors (Lipinski definition) is 3. The lowest BCUT2D eigenvalue weighted by molar-refractivity contribution is -0.224. The van der Waals surface area contributed by atoms with Crippen molar-refractivity contribution < 1.29 is 19.4 Å². The van der Waals surface area contributed by atoms with Gasteiger partial charge in [-0.1, -0.05) is 6.92 Å². The van der Waals surface area contributed by atoms with Gasteiger partial charge in [0, 0.05) is 6.61 Å². The minimum atomic E-state index is -1.03. The molecule has 4 heteroatoms. The molecule has 1 aliphatic rings. The van der Waals surface area contributed by atoms with Crippen LogP contribution in [0.4, 0.5) is 0 Å². The molecule has 0 atom stereocenters. The second kappa shape index (κ2) is 3.19. The molecule has 0 aromatic rings. The Kier molecular flexibility index (Phi) is 2.46. The molecule has 0 unspecified atom stereocenters. The Morgan fingerprint density at radius 3 is 2.64 bits per heavy atom. The van der Waals surface area contributed by atoms with Gasteiger partial charge < -0.3 is 14.6 Å². The summed E-state index contributed by atoms with van der Waals surface area (Å²) in [4.78, 5) is 10.6. The molecule has 1 rings (SSSR count). The van der Waals surface area contributed by atoms with Crippen molar-refractivity contribution in [3.8, 4) is 0 Å². The normalized spacial score (nSPS) is 20.8. The van der Waals surface area contributed by atoms with Crippen LogP contribution >= 0.6 is 0 Å². The summed E-state index contributed by atoms with van der Waals surface area (Å²) in [6.45, 7) is 2.79. The van der Waals surface area contributed by atoms with Gasteiger partial charge in [-0.25, -0.2) is 4.79 Å². The first-order valence-electron chi connectivity index (χ1n) is 3.66. The third-order valence-electron chi connectivity index (χ3n) is 1.64. The molecule has 64 valence electrons. The fourth-order valence-corrected chi connectivity index (χ4v) is 0.853. The summed E-state index contributed by atoms with van der Waals surface area (Å²) in [5.41, 5.74) is -1.03. The van der Waals surface area contributed by atoms with Gasteiger partial charge in [0.15, 0.2) is 0 Å². The molecule has 0 bridgehead atoms. The zero-order valence-electron chi connectivity index (χ0n) is 6.50. The van der Waals surface area contributed by atoms with E-state index in [0.29, 0.717) is 6.61 Å². The lowest BCUT2D eigenvalue weighted by atomic mass is 10.0. The Labute approximate surface area is 65.1 Å². The van der Waals surface area contributed by atoms with Gasteiger partial charge >= 0.3 is 5.97 Å². The number of ether oxygens (including phenoxy) is 2. The summed E-state index contributed by atoms with van der Waals surface area (Å²) < 4.78 is 9.94. The van der Waals surface area contributed by atoms with Crippen LogP contribution in [0.15, 0.2) is 0 Å². The molecule has 1 aliphatic heterocycles. The molecule has 1 fully saturated rings. The first-order valence-corrected chi connectivity index (χ1v) is 3.66. The third-order valence-corrected chi connectivity index (χ3v) is 1.64. The van der Waals surface area contributed by atoms with E-state index < -0.39 is 11.6 Å². The molecular formula is C7H12O4. The van der Waals surface area contributed by atoms with Crippen molar-refractivity contribution in [1.29, 1.82) is 0 Å². The van der Waals surface area contributed by atoms with Crippen molar-refractivity contribution in [1.82, 2.24) is 0 Å². The van der Waals surface area contributed by atoms with E-state index in [1.807, 2.05) is 6.92 Å². The lowest BCUT2D eigenvalue weighted by Crippen LogP contribution is -2.58. The Hall–Kier alpha value is -0.610. The van der Waals surface area contributed by atoms with Gasteiger partial charge in [0.2, 0.25) is 5.60 Å². The molecule has 0 aromatic carbocycles. The quantitative estimate of drug-likeness (QED) is 0.641. The Morgan fingerprint density at radius 2 is 2.36 bits per heavy atom. The zero-order valence-corrected chi connectivity index (χ0v) is 6.50. The van der Waals surface area contributed by atoms with Crippen LogP contribution in [0.2, 0.25) is 0 Å². The average molecular weight is 160 g/mol. The number of aliphatic carboxylic acids is 1. The largest absolute Gasteiger partial charge is 0.479 e. The molecule has 0 spiro atoms. The van der Waals surface area contributed by atoms with E-state index in [2.05, 4.69) is 0 Å². The summed E-state index contributed by atoms with van der Waals surface area (Å²) >= 11 is 0. The lowest BCUT2D eigenvalue weighted by Gasteiger charge is -2.36. The molecule has 0 amide bonds. The second-order valence-electron chi connectivity index (χ2n) is 2.64. The highest BCUT2D eigenvalue weighted by Crippen LogP contribution is 2.22. The van der Waals surface area contributed by atoms with Gasteiger partial charge in [0.1, 0.15) is 0 Å². The molecule has 1 heterocycles. The monoisotopic (exact) mass is 160 g/mol. The van der Waals surface area contributed by atoms with E-state index in [0.717, 1.165) is 6.42 Å². The number of carboxylic acid groups (broad SMARTS) is 1. The predicted octanol–water partition coefficient (Wildman–Crippen LogP) is 0.267. The van der Waals surface area contributed by atoms with E-state index >= 15 is 0 Å². The standard InChI is InChI=1S/C7H12O4/c1-2-3-11-7(6(8)9)4-10-5-7/h2-5H2,1H3,(H,8,9). The van der Waals surface area contributed by atoms with Crippen LogP contribution in [0.5, 0.6) is 0 Å². The highest BCUT2D eigenvalue weighted by Gasteiger charge is 2.47. The molecule has 1 saturated heterocycles. The molecule has 4 nitrogen and oxygen atoms in total. The number of carboxylic acids is 1. The summed E-state index contributed by atoms with van der Waals surface area (Å²) in [5.74, 6) is -0.919. The Balaban J connectivity index is 2.40. The Morgan fingerprint density at radius 1 is 1.73 bits per heavy atom. The van der Waals surface area contributed by atoms with Gasteiger partial charge in [0.25, 0.3) is 0 Å². The first kappa shape index (κ1) is 8.49. The van der Waals surface area contributed by atoms with Gasteiger partial charge in [0.05, 0.1) is 13.2 Å². The first-order chi connectivity index (χ1) is 5.21. The van der Waals surface area contributed by atoms with Crippen LogP contribution < -0.4 is 0 Å². The van der Waals surface area contributed by atoms with Crippen LogP contribution in [0.3, 0.4) is 0 Å². The molecule has 11 heavy (non-hydrogen) atoms. The molecule has 0 aromatic heterocycles. The fraction of sp³-hybridized carbons (Fsp3) is 0.857. The topological polar surface area (TPSA) is 55.8 Å². The van der Waals surface area contributed by atoms with E-state index in [4.69, 9.17) is 14.6 Å². The minimum Gasteiger partial charge on any atom is -0.479 e. The predicted molar refractivity (Wildman–Crippen MR) is 37.4 cm³/mol. The summed E-state index contributed by atoms with van der Waals surface area (Å²) in [7, 11) is 0. The van der Waals surface area contributed by atoms with Crippen LogP contribution in [0.25, 0.3) is 0 Å². The molecular weight excluding hydrogens is 148 g/mol. The van der Waals surface area contributed by atoms with Crippen LogP contribution in [-0.4, -0.2) is 36.5 Å². The summed E-state index contributed by atoms with van der Waals surface area (Å²) in [5, 5.41) is 8.71. The highest BCUT2D eigenvalue weighted by atomic mass is 16.6. The summed E-state index contributed by atoms with van der Waals surface area (Å²) in [6, 6.07) is 0. The molecule has 0 radical (unpaired) electrons. The van der Waals surface area contributed by atoms with Gasteiger partial charge in [-0.2, -0.15) is 0 Å². The summed E-state index contributed by atoms with van der Waals surface area (Å²) in [6.07, 6.45) is 0.828. The van der Waals surface area contributed by atoms with Gasteiger partial charge in [-0.3, -0.25) is 0 Å². The van der Waals surface area contributed by atoms with E-state index in [9.17, 15) is 4.79 Å².